The Balaban J connectivity index is 1.12. The van der Waals surface area contributed by atoms with E-state index < -0.39 is 5.41 Å². The van der Waals surface area contributed by atoms with Crippen molar-refractivity contribution in [1.82, 2.24) is 0 Å². The molecule has 66 heavy (non-hydrogen) atoms. The Kier molecular flexibility index (Phi) is 9.81. The van der Waals surface area contributed by atoms with Crippen LogP contribution in [0.3, 0.4) is 0 Å². The molecule has 0 spiro atoms. The predicted molar refractivity (Wildman–Crippen MR) is 278 cm³/mol. The lowest BCUT2D eigenvalue weighted by atomic mass is 9.68. The Bertz CT molecular complexity index is 3480. The number of nitrogens with zero attached hydrogens (tertiary/aromatic N) is 1. The average molecular weight is 840 g/mol. The lowest BCUT2D eigenvalue weighted by Crippen LogP contribution is -2.28. The van der Waals surface area contributed by atoms with E-state index in [4.69, 9.17) is 0 Å². The Morgan fingerprint density at radius 2 is 0.697 bits per heavy atom. The van der Waals surface area contributed by atoms with Crippen molar-refractivity contribution in [3.63, 3.8) is 0 Å². The van der Waals surface area contributed by atoms with Crippen LogP contribution in [0.25, 0.3) is 66.4 Å². The van der Waals surface area contributed by atoms with Gasteiger partial charge in [0.15, 0.2) is 0 Å². The lowest BCUT2D eigenvalue weighted by Gasteiger charge is -2.35. The molecule has 0 aliphatic heterocycles. The highest BCUT2D eigenvalue weighted by Gasteiger charge is 2.47. The topological polar surface area (TPSA) is 3.24 Å². The normalized spacial score (nSPS) is 12.4. The van der Waals surface area contributed by atoms with Crippen LogP contribution in [0.15, 0.2) is 273 Å². The minimum absolute atomic E-state index is 0.548. The molecule has 0 aromatic heterocycles. The molecule has 1 aliphatic carbocycles. The SMILES string of the molecule is c1ccc(-c2ccccc2-c2ccccc2N(c2ccccc2-c2ccc(-c3ccc4ccccc4c3)cc2)c2cccc3c2-c2ccccc2C3(c2ccccc2)c2ccccc2)cc1. The zero-order valence-corrected chi connectivity index (χ0v) is 36.4. The van der Waals surface area contributed by atoms with Crippen LogP contribution >= 0.6 is 0 Å². The van der Waals surface area contributed by atoms with Gasteiger partial charge in [-0.3, -0.25) is 0 Å². The van der Waals surface area contributed by atoms with Gasteiger partial charge in [-0.25, -0.2) is 0 Å². The van der Waals surface area contributed by atoms with Gasteiger partial charge in [-0.2, -0.15) is 0 Å². The van der Waals surface area contributed by atoms with Gasteiger partial charge >= 0.3 is 0 Å². The Morgan fingerprint density at radius 1 is 0.242 bits per heavy atom. The maximum Gasteiger partial charge on any atom is 0.0714 e. The molecule has 0 saturated carbocycles. The number of benzene rings is 11. The van der Waals surface area contributed by atoms with Crippen LogP contribution in [-0.4, -0.2) is 0 Å². The first kappa shape index (κ1) is 39.1. The Labute approximate surface area is 387 Å². The molecule has 0 heterocycles. The van der Waals surface area contributed by atoms with E-state index in [1.54, 1.807) is 0 Å². The van der Waals surface area contributed by atoms with Crippen LogP contribution in [0.4, 0.5) is 17.1 Å². The van der Waals surface area contributed by atoms with Gasteiger partial charge in [-0.15, -0.1) is 0 Å². The van der Waals surface area contributed by atoms with Crippen molar-refractivity contribution < 1.29 is 0 Å². The van der Waals surface area contributed by atoms with E-state index in [1.165, 1.54) is 72.0 Å². The smallest absolute Gasteiger partial charge is 0.0714 e. The molecule has 0 unspecified atom stereocenters. The van der Waals surface area contributed by atoms with Gasteiger partial charge in [0.1, 0.15) is 0 Å². The van der Waals surface area contributed by atoms with Crippen LogP contribution < -0.4 is 4.90 Å². The highest BCUT2D eigenvalue weighted by atomic mass is 15.2. The largest absolute Gasteiger partial charge is 0.309 e. The molecule has 0 atom stereocenters. The van der Waals surface area contributed by atoms with E-state index in [0.29, 0.717) is 0 Å². The van der Waals surface area contributed by atoms with Gasteiger partial charge in [-0.05, 0) is 96.2 Å². The highest BCUT2D eigenvalue weighted by Crippen LogP contribution is 2.60. The first-order valence-electron chi connectivity index (χ1n) is 22.8. The van der Waals surface area contributed by atoms with Gasteiger partial charge in [0.05, 0.1) is 22.5 Å². The predicted octanol–water partition coefficient (Wildman–Crippen LogP) is 17.3. The standard InChI is InChI=1S/C65H45N/c1-4-22-48(23-5-1)54-29-12-13-31-56(54)57-32-16-19-37-62(57)66(61-36-18-15-30-55(61)49-42-39-47(40-43-49)51-44-41-46-21-10-11-24-50(46)45-51)63-38-20-35-60-64(63)58-33-14-17-34-59(58)65(60,52-25-6-2-7-26-52)53-27-8-3-9-28-53/h1-45H. The molecular weight excluding hydrogens is 795 g/mol. The third-order valence-electron chi connectivity index (χ3n) is 13.6. The van der Waals surface area contributed by atoms with Gasteiger partial charge in [0, 0.05) is 16.7 Å². The van der Waals surface area contributed by atoms with E-state index in [9.17, 15) is 0 Å². The monoisotopic (exact) mass is 839 g/mol. The van der Waals surface area contributed by atoms with Crippen LogP contribution in [0.1, 0.15) is 22.3 Å². The minimum Gasteiger partial charge on any atom is -0.309 e. The van der Waals surface area contributed by atoms with Gasteiger partial charge < -0.3 is 4.90 Å². The summed E-state index contributed by atoms with van der Waals surface area (Å²) in [6.45, 7) is 0. The second-order valence-electron chi connectivity index (χ2n) is 17.1. The number of anilines is 3. The summed E-state index contributed by atoms with van der Waals surface area (Å²) in [6.07, 6.45) is 0. The van der Waals surface area contributed by atoms with Crippen LogP contribution in [0.2, 0.25) is 0 Å². The summed E-state index contributed by atoms with van der Waals surface area (Å²) in [4.78, 5) is 2.55. The first-order valence-corrected chi connectivity index (χ1v) is 22.8. The van der Waals surface area contributed by atoms with Gasteiger partial charge in [-0.1, -0.05) is 249 Å². The van der Waals surface area contributed by atoms with Crippen molar-refractivity contribution in [2.45, 2.75) is 5.41 Å². The van der Waals surface area contributed by atoms with Crippen molar-refractivity contribution in [2.24, 2.45) is 0 Å². The quantitative estimate of drug-likeness (QED) is 0.140. The van der Waals surface area contributed by atoms with Crippen LogP contribution in [0, 0.1) is 0 Å². The van der Waals surface area contributed by atoms with Gasteiger partial charge in [0.2, 0.25) is 0 Å². The molecule has 1 nitrogen and oxygen atoms in total. The molecule has 0 amide bonds. The molecule has 0 radical (unpaired) electrons. The zero-order chi connectivity index (χ0) is 43.9. The summed E-state index contributed by atoms with van der Waals surface area (Å²) in [5.74, 6) is 0. The van der Waals surface area contributed by atoms with Crippen molar-refractivity contribution >= 4 is 27.8 Å². The molecule has 0 saturated heterocycles. The van der Waals surface area contributed by atoms with E-state index in [0.717, 1.165) is 33.8 Å². The third kappa shape index (κ3) is 6.47. The first-order chi connectivity index (χ1) is 32.8. The fraction of sp³-hybridized carbons (Fsp3) is 0.0154. The average Bonchev–Trinajstić information content (AvgIpc) is 3.71. The number of hydrogen-bond donors (Lipinski definition) is 0. The second-order valence-corrected chi connectivity index (χ2v) is 17.1. The summed E-state index contributed by atoms with van der Waals surface area (Å²) in [6, 6.07) is 100. The Hall–Kier alpha value is -8.52. The fourth-order valence-corrected chi connectivity index (χ4v) is 10.7. The maximum absolute atomic E-state index is 2.55. The number of para-hydroxylation sites is 2. The van der Waals surface area contributed by atoms with E-state index >= 15 is 0 Å². The van der Waals surface area contributed by atoms with Crippen molar-refractivity contribution in [2.75, 3.05) is 4.90 Å². The van der Waals surface area contributed by atoms with Crippen molar-refractivity contribution in [1.29, 1.82) is 0 Å². The molecular formula is C65H45N. The number of fused-ring (bicyclic) bond motifs is 4. The molecule has 0 bridgehead atoms. The summed E-state index contributed by atoms with van der Waals surface area (Å²) < 4.78 is 0. The molecule has 1 heteroatoms. The summed E-state index contributed by atoms with van der Waals surface area (Å²) in [5.41, 5.74) is 19.7. The molecule has 0 N–H and O–H groups in total. The number of hydrogen-bond acceptors (Lipinski definition) is 1. The Morgan fingerprint density at radius 3 is 1.39 bits per heavy atom. The summed E-state index contributed by atoms with van der Waals surface area (Å²) in [7, 11) is 0. The fourth-order valence-electron chi connectivity index (χ4n) is 10.7. The van der Waals surface area contributed by atoms with E-state index in [-0.39, 0.29) is 0 Å². The molecule has 11 aromatic carbocycles. The molecule has 11 aromatic rings. The van der Waals surface area contributed by atoms with E-state index in [2.05, 4.69) is 278 Å². The van der Waals surface area contributed by atoms with Crippen LogP contribution in [0.5, 0.6) is 0 Å². The second kappa shape index (κ2) is 16.6. The third-order valence-corrected chi connectivity index (χ3v) is 13.6. The number of rotatable bonds is 9. The molecule has 310 valence electrons. The van der Waals surface area contributed by atoms with Gasteiger partial charge in [0.25, 0.3) is 0 Å². The molecule has 12 rings (SSSR count). The van der Waals surface area contributed by atoms with Crippen molar-refractivity contribution in [3.8, 4) is 55.6 Å². The summed E-state index contributed by atoms with van der Waals surface area (Å²) in [5, 5.41) is 2.49. The minimum atomic E-state index is -0.548. The summed E-state index contributed by atoms with van der Waals surface area (Å²) >= 11 is 0. The van der Waals surface area contributed by atoms with E-state index in [1.807, 2.05) is 0 Å². The highest BCUT2D eigenvalue weighted by molar-refractivity contribution is 6.03. The van der Waals surface area contributed by atoms with Crippen molar-refractivity contribution in [3.05, 3.63) is 295 Å². The molecule has 1 aliphatic rings. The molecule has 0 fully saturated rings. The lowest BCUT2D eigenvalue weighted by molar-refractivity contribution is 0.768. The zero-order valence-electron chi connectivity index (χ0n) is 36.4. The van der Waals surface area contributed by atoms with Crippen LogP contribution in [-0.2, 0) is 5.41 Å². The maximum atomic E-state index is 2.55.